The van der Waals surface area contributed by atoms with Crippen LogP contribution in [0.15, 0.2) is 28.7 Å². The van der Waals surface area contributed by atoms with Crippen LogP contribution < -0.4 is 0 Å². The third-order valence-electron chi connectivity index (χ3n) is 3.89. The third kappa shape index (κ3) is 2.21. The SMILES string of the molecule is C[C@@]1(C(=O)O)CCC[C@H]1C(=O)c1ccc(Br)cc1. The summed E-state index contributed by atoms with van der Waals surface area (Å²) in [6.45, 7) is 1.68. The maximum Gasteiger partial charge on any atom is 0.310 e. The number of carbonyl (C=O) groups is 2. The van der Waals surface area contributed by atoms with Crippen molar-refractivity contribution < 1.29 is 14.7 Å². The van der Waals surface area contributed by atoms with Gasteiger partial charge in [-0.1, -0.05) is 34.5 Å². The van der Waals surface area contributed by atoms with E-state index in [1.54, 1.807) is 31.2 Å². The maximum absolute atomic E-state index is 12.4. The van der Waals surface area contributed by atoms with Gasteiger partial charge in [0.2, 0.25) is 0 Å². The van der Waals surface area contributed by atoms with Crippen LogP contribution in [-0.2, 0) is 4.79 Å². The minimum absolute atomic E-state index is 0.0510. The fourth-order valence-corrected chi connectivity index (χ4v) is 2.92. The Kier molecular flexibility index (Phi) is 3.57. The van der Waals surface area contributed by atoms with E-state index in [9.17, 15) is 14.7 Å². The predicted octanol–water partition coefficient (Wildman–Crippen LogP) is 3.52. The van der Waals surface area contributed by atoms with Crippen LogP contribution in [0.5, 0.6) is 0 Å². The molecule has 0 aliphatic heterocycles. The van der Waals surface area contributed by atoms with Crippen LogP contribution in [0.4, 0.5) is 0 Å². The highest BCUT2D eigenvalue weighted by atomic mass is 79.9. The molecule has 1 fully saturated rings. The van der Waals surface area contributed by atoms with Crippen LogP contribution in [-0.4, -0.2) is 16.9 Å². The lowest BCUT2D eigenvalue weighted by atomic mass is 9.76. The summed E-state index contributed by atoms with van der Waals surface area (Å²) in [5.74, 6) is -1.32. The van der Waals surface area contributed by atoms with Gasteiger partial charge in [-0.25, -0.2) is 0 Å². The van der Waals surface area contributed by atoms with Gasteiger partial charge in [0.25, 0.3) is 0 Å². The standard InChI is InChI=1S/C14H15BrO3/c1-14(13(17)18)8-2-3-11(14)12(16)9-4-6-10(15)7-5-9/h4-7,11H,2-3,8H2,1H3,(H,17,18)/t11-,14+/m0/s1. The number of carbonyl (C=O) groups excluding carboxylic acids is 1. The number of Topliss-reactive ketones (excluding diaryl/α,β-unsaturated/α-hetero) is 1. The summed E-state index contributed by atoms with van der Waals surface area (Å²) >= 11 is 3.32. The van der Waals surface area contributed by atoms with Gasteiger partial charge >= 0.3 is 5.97 Å². The molecule has 1 aromatic carbocycles. The van der Waals surface area contributed by atoms with E-state index in [2.05, 4.69) is 15.9 Å². The second-order valence-electron chi connectivity index (χ2n) is 5.04. The molecule has 96 valence electrons. The van der Waals surface area contributed by atoms with E-state index in [1.807, 2.05) is 0 Å². The van der Waals surface area contributed by atoms with Gasteiger partial charge in [-0.3, -0.25) is 9.59 Å². The zero-order valence-electron chi connectivity index (χ0n) is 10.1. The number of hydrogen-bond donors (Lipinski definition) is 1. The number of rotatable bonds is 3. The van der Waals surface area contributed by atoms with Gasteiger partial charge in [-0.05, 0) is 31.9 Å². The quantitative estimate of drug-likeness (QED) is 0.869. The summed E-state index contributed by atoms with van der Waals surface area (Å²) in [6, 6.07) is 7.10. The second-order valence-corrected chi connectivity index (χ2v) is 5.95. The number of halogens is 1. The Morgan fingerprint density at radius 3 is 2.50 bits per heavy atom. The van der Waals surface area contributed by atoms with Crippen LogP contribution in [0.3, 0.4) is 0 Å². The Morgan fingerprint density at radius 2 is 1.94 bits per heavy atom. The highest BCUT2D eigenvalue weighted by Crippen LogP contribution is 2.44. The average molecular weight is 311 g/mol. The Labute approximate surface area is 114 Å². The van der Waals surface area contributed by atoms with Crippen LogP contribution in [0.1, 0.15) is 36.5 Å². The van der Waals surface area contributed by atoms with Gasteiger partial charge in [0.1, 0.15) is 0 Å². The summed E-state index contributed by atoms with van der Waals surface area (Å²) in [4.78, 5) is 23.8. The first-order valence-electron chi connectivity index (χ1n) is 5.98. The zero-order valence-corrected chi connectivity index (χ0v) is 11.7. The first-order valence-corrected chi connectivity index (χ1v) is 6.77. The van der Waals surface area contributed by atoms with Crippen LogP contribution in [0.25, 0.3) is 0 Å². The third-order valence-corrected chi connectivity index (χ3v) is 4.42. The van der Waals surface area contributed by atoms with Gasteiger partial charge in [0, 0.05) is 16.0 Å². The molecule has 18 heavy (non-hydrogen) atoms. The lowest BCUT2D eigenvalue weighted by molar-refractivity contribution is -0.149. The van der Waals surface area contributed by atoms with Crippen molar-refractivity contribution in [1.29, 1.82) is 0 Å². The predicted molar refractivity (Wildman–Crippen MR) is 71.6 cm³/mol. The molecule has 0 amide bonds. The molecule has 1 saturated carbocycles. The van der Waals surface area contributed by atoms with Crippen molar-refractivity contribution in [2.75, 3.05) is 0 Å². The number of carboxylic acid groups (broad SMARTS) is 1. The minimum Gasteiger partial charge on any atom is -0.481 e. The molecule has 0 radical (unpaired) electrons. The van der Waals surface area contributed by atoms with Crippen molar-refractivity contribution in [1.82, 2.24) is 0 Å². The Balaban J connectivity index is 2.28. The number of hydrogen-bond acceptors (Lipinski definition) is 2. The monoisotopic (exact) mass is 310 g/mol. The maximum atomic E-state index is 12.4. The smallest absolute Gasteiger partial charge is 0.310 e. The zero-order chi connectivity index (χ0) is 13.3. The minimum atomic E-state index is -0.913. The first-order chi connectivity index (χ1) is 8.45. The molecule has 4 heteroatoms. The van der Waals surface area contributed by atoms with Crippen molar-refractivity contribution in [3.05, 3.63) is 34.3 Å². The van der Waals surface area contributed by atoms with Gasteiger partial charge < -0.3 is 5.11 Å². The largest absolute Gasteiger partial charge is 0.481 e. The van der Waals surface area contributed by atoms with Crippen LogP contribution >= 0.6 is 15.9 Å². The fraction of sp³-hybridized carbons (Fsp3) is 0.429. The van der Waals surface area contributed by atoms with Gasteiger partial charge in [0.05, 0.1) is 5.41 Å². The molecular formula is C14H15BrO3. The van der Waals surface area contributed by atoms with E-state index < -0.39 is 17.3 Å². The van der Waals surface area contributed by atoms with Crippen molar-refractivity contribution in [2.45, 2.75) is 26.2 Å². The molecule has 0 unspecified atom stereocenters. The molecule has 2 atom stereocenters. The molecule has 0 aromatic heterocycles. The normalized spacial score (nSPS) is 27.1. The van der Waals surface area contributed by atoms with Crippen molar-refractivity contribution >= 4 is 27.7 Å². The molecule has 2 rings (SSSR count). The van der Waals surface area contributed by atoms with Crippen LogP contribution in [0, 0.1) is 11.3 Å². The Morgan fingerprint density at radius 1 is 1.33 bits per heavy atom. The van der Waals surface area contributed by atoms with Crippen molar-refractivity contribution in [3.8, 4) is 0 Å². The molecule has 0 bridgehead atoms. The van der Waals surface area contributed by atoms with E-state index >= 15 is 0 Å². The number of aliphatic carboxylic acids is 1. The number of carboxylic acids is 1. The molecular weight excluding hydrogens is 296 g/mol. The summed E-state index contributed by atoms with van der Waals surface area (Å²) in [7, 11) is 0. The van der Waals surface area contributed by atoms with E-state index in [1.165, 1.54) is 0 Å². The molecule has 0 saturated heterocycles. The average Bonchev–Trinajstić information content (AvgIpc) is 2.73. The molecule has 0 heterocycles. The highest BCUT2D eigenvalue weighted by molar-refractivity contribution is 9.10. The Hall–Kier alpha value is -1.16. The molecule has 1 aromatic rings. The lowest BCUT2D eigenvalue weighted by Crippen LogP contribution is -2.36. The summed E-state index contributed by atoms with van der Waals surface area (Å²) < 4.78 is 0.909. The van der Waals surface area contributed by atoms with Crippen LogP contribution in [0.2, 0.25) is 0 Å². The second kappa shape index (κ2) is 4.84. The van der Waals surface area contributed by atoms with E-state index in [-0.39, 0.29) is 5.78 Å². The van der Waals surface area contributed by atoms with E-state index in [4.69, 9.17) is 0 Å². The van der Waals surface area contributed by atoms with Crippen molar-refractivity contribution in [3.63, 3.8) is 0 Å². The first kappa shape index (κ1) is 13.3. The topological polar surface area (TPSA) is 54.4 Å². The summed E-state index contributed by atoms with van der Waals surface area (Å²) in [5.41, 5.74) is -0.318. The van der Waals surface area contributed by atoms with Gasteiger partial charge in [-0.2, -0.15) is 0 Å². The Bertz CT molecular complexity index is 480. The van der Waals surface area contributed by atoms with E-state index in [0.717, 1.165) is 10.9 Å². The summed E-state index contributed by atoms with van der Waals surface area (Å²) in [5, 5.41) is 9.32. The van der Waals surface area contributed by atoms with Gasteiger partial charge in [0.15, 0.2) is 5.78 Å². The lowest BCUT2D eigenvalue weighted by Gasteiger charge is -2.25. The molecule has 1 N–H and O–H groups in total. The fourth-order valence-electron chi connectivity index (χ4n) is 2.66. The van der Waals surface area contributed by atoms with E-state index in [0.29, 0.717) is 18.4 Å². The molecule has 1 aliphatic rings. The molecule has 0 spiro atoms. The highest BCUT2D eigenvalue weighted by Gasteiger charge is 2.48. The summed E-state index contributed by atoms with van der Waals surface area (Å²) in [6.07, 6.45) is 2.04. The molecule has 1 aliphatic carbocycles. The number of ketones is 1. The van der Waals surface area contributed by atoms with Gasteiger partial charge in [-0.15, -0.1) is 0 Å². The molecule has 3 nitrogen and oxygen atoms in total. The van der Waals surface area contributed by atoms with Crippen molar-refractivity contribution in [2.24, 2.45) is 11.3 Å². The number of benzene rings is 1.